The van der Waals surface area contributed by atoms with E-state index in [0.717, 1.165) is 12.1 Å². The van der Waals surface area contributed by atoms with Gasteiger partial charge in [-0.05, 0) is 42.8 Å². The summed E-state index contributed by atoms with van der Waals surface area (Å²) in [6.45, 7) is 0.276. The summed E-state index contributed by atoms with van der Waals surface area (Å²) in [5.41, 5.74) is 10.7. The summed E-state index contributed by atoms with van der Waals surface area (Å²) >= 11 is 6.13. The molecule has 4 N–H and O–H groups in total. The third-order valence-electron chi connectivity index (χ3n) is 4.50. The van der Waals surface area contributed by atoms with Crippen LogP contribution in [0.5, 0.6) is 5.75 Å². The van der Waals surface area contributed by atoms with Crippen LogP contribution in [0.1, 0.15) is 18.4 Å². The SMILES string of the molecule is COc1ccc(Cl)cc1-c1nc2cc(C(F)(F)F)ccc2n1CCCC(=O)N=C(N)N. The summed E-state index contributed by atoms with van der Waals surface area (Å²) < 4.78 is 46.6. The number of rotatable bonds is 6. The van der Waals surface area contributed by atoms with Gasteiger partial charge < -0.3 is 20.8 Å². The number of imidazole rings is 1. The van der Waals surface area contributed by atoms with Gasteiger partial charge in [-0.15, -0.1) is 0 Å². The highest BCUT2D eigenvalue weighted by Crippen LogP contribution is 2.36. The summed E-state index contributed by atoms with van der Waals surface area (Å²) in [4.78, 5) is 19.7. The first-order valence-electron chi connectivity index (χ1n) is 9.14. The highest BCUT2D eigenvalue weighted by atomic mass is 35.5. The Morgan fingerprint density at radius 2 is 1.97 bits per heavy atom. The van der Waals surface area contributed by atoms with Gasteiger partial charge in [-0.25, -0.2) is 4.98 Å². The van der Waals surface area contributed by atoms with Gasteiger partial charge >= 0.3 is 6.18 Å². The number of methoxy groups -OCH3 is 1. The van der Waals surface area contributed by atoms with Crippen LogP contribution in [0.2, 0.25) is 5.02 Å². The van der Waals surface area contributed by atoms with E-state index in [2.05, 4.69) is 9.98 Å². The topological polar surface area (TPSA) is 109 Å². The summed E-state index contributed by atoms with van der Waals surface area (Å²) in [7, 11) is 1.47. The number of fused-ring (bicyclic) bond motifs is 1. The molecular weight excluding hydrogens is 435 g/mol. The molecule has 0 fully saturated rings. The lowest BCUT2D eigenvalue weighted by Crippen LogP contribution is -2.24. The number of aliphatic imine (C=N–C) groups is 1. The molecule has 0 saturated carbocycles. The molecule has 0 aliphatic heterocycles. The zero-order chi connectivity index (χ0) is 22.8. The summed E-state index contributed by atoms with van der Waals surface area (Å²) in [5, 5.41) is 0.410. The van der Waals surface area contributed by atoms with Crippen molar-refractivity contribution in [3.63, 3.8) is 0 Å². The molecule has 0 saturated heterocycles. The van der Waals surface area contributed by atoms with Crippen molar-refractivity contribution in [1.82, 2.24) is 9.55 Å². The number of ether oxygens (including phenoxy) is 1. The second-order valence-corrected chi connectivity index (χ2v) is 7.10. The maximum atomic E-state index is 13.2. The van der Waals surface area contributed by atoms with Crippen LogP contribution in [-0.2, 0) is 17.5 Å². The zero-order valence-electron chi connectivity index (χ0n) is 16.4. The first-order chi connectivity index (χ1) is 14.6. The molecule has 11 heteroatoms. The number of guanidine groups is 1. The molecule has 3 aromatic rings. The molecule has 0 atom stereocenters. The number of alkyl halides is 3. The molecule has 1 aromatic heterocycles. The van der Waals surface area contributed by atoms with Gasteiger partial charge in [0.05, 0.1) is 29.3 Å². The summed E-state index contributed by atoms with van der Waals surface area (Å²) in [6.07, 6.45) is -4.12. The first kappa shape index (κ1) is 22.4. The predicted molar refractivity (Wildman–Crippen MR) is 112 cm³/mol. The number of benzene rings is 2. The van der Waals surface area contributed by atoms with E-state index in [1.165, 1.54) is 13.2 Å². The van der Waals surface area contributed by atoms with E-state index in [-0.39, 0.29) is 24.4 Å². The van der Waals surface area contributed by atoms with E-state index in [1.807, 2.05) is 0 Å². The Bertz CT molecular complexity index is 1150. The average Bonchev–Trinajstić information content (AvgIpc) is 3.04. The van der Waals surface area contributed by atoms with Crippen molar-refractivity contribution in [3.8, 4) is 17.1 Å². The summed E-state index contributed by atoms with van der Waals surface area (Å²) in [5.74, 6) is -0.00988. The van der Waals surface area contributed by atoms with Crippen molar-refractivity contribution in [3.05, 3.63) is 47.0 Å². The molecular formula is C20H19ClF3N5O2. The smallest absolute Gasteiger partial charge is 0.416 e. The second-order valence-electron chi connectivity index (χ2n) is 6.67. The average molecular weight is 454 g/mol. The monoisotopic (exact) mass is 453 g/mol. The van der Waals surface area contributed by atoms with E-state index in [9.17, 15) is 18.0 Å². The molecule has 0 spiro atoms. The van der Waals surface area contributed by atoms with E-state index in [0.29, 0.717) is 34.1 Å². The Morgan fingerprint density at radius 3 is 2.61 bits per heavy atom. The molecule has 0 radical (unpaired) electrons. The maximum absolute atomic E-state index is 13.2. The molecule has 0 aliphatic rings. The lowest BCUT2D eigenvalue weighted by molar-refractivity contribution is -0.137. The molecule has 3 rings (SSSR count). The van der Waals surface area contributed by atoms with Gasteiger partial charge in [0.2, 0.25) is 5.91 Å². The van der Waals surface area contributed by atoms with Gasteiger partial charge in [-0.2, -0.15) is 18.2 Å². The summed E-state index contributed by atoms with van der Waals surface area (Å²) in [6, 6.07) is 8.22. The van der Waals surface area contributed by atoms with Crippen LogP contribution in [-0.4, -0.2) is 28.5 Å². The molecule has 0 aliphatic carbocycles. The number of nitrogens with zero attached hydrogens (tertiary/aromatic N) is 3. The van der Waals surface area contributed by atoms with Crippen LogP contribution >= 0.6 is 11.6 Å². The van der Waals surface area contributed by atoms with E-state index in [1.54, 1.807) is 22.8 Å². The number of carbonyl (C=O) groups excluding carboxylic acids is 1. The van der Waals surface area contributed by atoms with Gasteiger partial charge in [0.25, 0.3) is 0 Å². The van der Waals surface area contributed by atoms with Crippen LogP contribution < -0.4 is 16.2 Å². The van der Waals surface area contributed by atoms with E-state index in [4.69, 9.17) is 27.8 Å². The largest absolute Gasteiger partial charge is 0.496 e. The van der Waals surface area contributed by atoms with Crippen molar-refractivity contribution >= 4 is 34.5 Å². The number of hydrogen-bond acceptors (Lipinski definition) is 3. The van der Waals surface area contributed by atoms with Crippen LogP contribution in [0.4, 0.5) is 13.2 Å². The Hall–Kier alpha value is -3.27. The number of nitrogens with two attached hydrogens (primary N) is 2. The lowest BCUT2D eigenvalue weighted by Gasteiger charge is -2.12. The molecule has 1 heterocycles. The van der Waals surface area contributed by atoms with Crippen LogP contribution in [0.15, 0.2) is 41.4 Å². The number of halogens is 4. The van der Waals surface area contributed by atoms with Gasteiger partial charge in [0.1, 0.15) is 11.6 Å². The third-order valence-corrected chi connectivity index (χ3v) is 4.74. The van der Waals surface area contributed by atoms with Crippen molar-refractivity contribution in [2.45, 2.75) is 25.6 Å². The fourth-order valence-corrected chi connectivity index (χ4v) is 3.35. The van der Waals surface area contributed by atoms with Gasteiger partial charge in [0.15, 0.2) is 5.96 Å². The molecule has 164 valence electrons. The van der Waals surface area contributed by atoms with Crippen LogP contribution in [0.25, 0.3) is 22.4 Å². The second kappa shape index (κ2) is 8.84. The van der Waals surface area contributed by atoms with E-state index < -0.39 is 17.6 Å². The highest BCUT2D eigenvalue weighted by molar-refractivity contribution is 6.31. The Morgan fingerprint density at radius 1 is 1.23 bits per heavy atom. The Labute approximate surface area is 180 Å². The highest BCUT2D eigenvalue weighted by Gasteiger charge is 2.31. The Balaban J connectivity index is 2.09. The first-order valence-corrected chi connectivity index (χ1v) is 9.52. The predicted octanol–water partition coefficient (Wildman–Crippen LogP) is 3.96. The zero-order valence-corrected chi connectivity index (χ0v) is 17.2. The van der Waals surface area contributed by atoms with Gasteiger partial charge in [0, 0.05) is 18.0 Å². The fraction of sp³-hybridized carbons (Fsp3) is 0.250. The van der Waals surface area contributed by atoms with Crippen molar-refractivity contribution in [2.75, 3.05) is 7.11 Å². The molecule has 0 unspecified atom stereocenters. The molecule has 7 nitrogen and oxygen atoms in total. The molecule has 0 bridgehead atoms. The van der Waals surface area contributed by atoms with E-state index >= 15 is 0 Å². The van der Waals surface area contributed by atoms with Crippen molar-refractivity contribution in [1.29, 1.82) is 0 Å². The van der Waals surface area contributed by atoms with Gasteiger partial charge in [-0.3, -0.25) is 4.79 Å². The van der Waals surface area contributed by atoms with Crippen molar-refractivity contribution in [2.24, 2.45) is 16.5 Å². The minimum Gasteiger partial charge on any atom is -0.496 e. The third kappa shape index (κ3) is 5.08. The normalized spacial score (nSPS) is 11.5. The number of aromatic nitrogens is 2. The van der Waals surface area contributed by atoms with Crippen LogP contribution in [0.3, 0.4) is 0 Å². The van der Waals surface area contributed by atoms with Crippen molar-refractivity contribution < 1.29 is 22.7 Å². The standard InChI is InChI=1S/C20H19ClF3N5O2/c1-31-16-7-5-12(21)10-13(16)18-27-14-9-11(20(22,23)24)4-6-15(14)29(18)8-2-3-17(30)28-19(25)26/h4-7,9-10H,2-3,8H2,1H3,(H4,25,26,28,30). The van der Waals surface area contributed by atoms with Gasteiger partial charge in [-0.1, -0.05) is 11.6 Å². The molecule has 31 heavy (non-hydrogen) atoms. The minimum atomic E-state index is -4.50. The fourth-order valence-electron chi connectivity index (χ4n) is 3.18. The minimum absolute atomic E-state index is 0.0460. The number of hydrogen-bond donors (Lipinski definition) is 2. The number of amides is 1. The van der Waals surface area contributed by atoms with Crippen LogP contribution in [0, 0.1) is 0 Å². The maximum Gasteiger partial charge on any atom is 0.416 e. The number of carbonyl (C=O) groups is 1. The molecule has 1 amide bonds. The lowest BCUT2D eigenvalue weighted by atomic mass is 10.1. The Kier molecular flexibility index (Phi) is 6.40. The molecule has 2 aromatic carbocycles. The quantitative estimate of drug-likeness (QED) is 0.433. The number of aryl methyl sites for hydroxylation is 1.